The maximum atomic E-state index is 13.8. The van der Waals surface area contributed by atoms with Crippen LogP contribution in [0, 0.1) is 11.6 Å². The van der Waals surface area contributed by atoms with Crippen molar-refractivity contribution in [3.8, 4) is 11.1 Å². The Kier molecular flexibility index (Phi) is 3.66. The van der Waals surface area contributed by atoms with Crippen molar-refractivity contribution in [2.75, 3.05) is 0 Å². The van der Waals surface area contributed by atoms with Crippen molar-refractivity contribution in [1.29, 1.82) is 0 Å². The smallest absolute Gasteiger partial charge is 0.131 e. The van der Waals surface area contributed by atoms with E-state index in [0.717, 1.165) is 18.2 Å². The largest absolute Gasteiger partial charge is 0.207 e. The van der Waals surface area contributed by atoms with Crippen LogP contribution in [0.5, 0.6) is 0 Å². The van der Waals surface area contributed by atoms with Crippen molar-refractivity contribution in [2.45, 2.75) is 0 Å². The predicted octanol–water partition coefficient (Wildman–Crippen LogP) is -2.40. The highest BCUT2D eigenvalue weighted by molar-refractivity contribution is 6.68. The summed E-state index contributed by atoms with van der Waals surface area (Å²) in [5.74, 6) is -1.33. The third-order valence-electron chi connectivity index (χ3n) is 2.90. The molecule has 0 aromatic heterocycles. The molecule has 0 unspecified atom stereocenters. The van der Waals surface area contributed by atoms with Crippen LogP contribution in [0.2, 0.25) is 0 Å². The zero-order valence-corrected chi connectivity index (χ0v) is 9.87. The van der Waals surface area contributed by atoms with Gasteiger partial charge in [-0.3, -0.25) is 0 Å². The zero-order valence-electron chi connectivity index (χ0n) is 9.87. The average molecular weight is 239 g/mol. The first-order valence-corrected chi connectivity index (χ1v) is 5.31. The molecule has 0 fully saturated rings. The van der Waals surface area contributed by atoms with Crippen LogP contribution in [0.4, 0.5) is 8.78 Å². The first kappa shape index (κ1) is 14.0. The summed E-state index contributed by atoms with van der Waals surface area (Å²) in [5.41, 5.74) is -0.136. The second kappa shape index (κ2) is 4.95. The van der Waals surface area contributed by atoms with Crippen molar-refractivity contribution in [3.63, 3.8) is 0 Å². The Labute approximate surface area is 117 Å². The molecule has 2 aromatic carbocycles. The second-order valence-corrected chi connectivity index (χ2v) is 4.07. The summed E-state index contributed by atoms with van der Waals surface area (Å²) < 4.78 is 27.0. The molecule has 0 aliphatic heterocycles. The summed E-state index contributed by atoms with van der Waals surface area (Å²) in [4.78, 5) is 0. The standard InChI is InChI=1S/C12H3B5F2/c13-8-7(5-3-4(18)1-2-6(5)19)9(14)11(16)12(17)10(8)15/h1-3H. The van der Waals surface area contributed by atoms with Gasteiger partial charge in [0, 0.05) is 5.56 Å². The molecule has 0 spiro atoms. The van der Waals surface area contributed by atoms with E-state index in [1.54, 1.807) is 0 Å². The summed E-state index contributed by atoms with van der Waals surface area (Å²) in [6.07, 6.45) is 0. The molecule has 0 saturated heterocycles. The number of rotatable bonds is 1. The summed E-state index contributed by atoms with van der Waals surface area (Å²) in [7, 11) is 28.5. The lowest BCUT2D eigenvalue weighted by Gasteiger charge is -2.21. The van der Waals surface area contributed by atoms with Crippen molar-refractivity contribution in [3.05, 3.63) is 29.8 Å². The van der Waals surface area contributed by atoms with E-state index in [-0.39, 0.29) is 38.4 Å². The fourth-order valence-corrected chi connectivity index (χ4v) is 1.83. The van der Waals surface area contributed by atoms with Gasteiger partial charge in [-0.15, -0.1) is 16.4 Å². The monoisotopic (exact) mass is 240 g/mol. The molecule has 0 saturated carbocycles. The van der Waals surface area contributed by atoms with Gasteiger partial charge >= 0.3 is 0 Å². The molecule has 19 heavy (non-hydrogen) atoms. The molecule has 2 rings (SSSR count). The van der Waals surface area contributed by atoms with Gasteiger partial charge in [0.2, 0.25) is 0 Å². The third-order valence-corrected chi connectivity index (χ3v) is 2.90. The quantitative estimate of drug-likeness (QED) is 0.487. The maximum absolute atomic E-state index is 13.8. The lowest BCUT2D eigenvalue weighted by Crippen LogP contribution is -2.55. The van der Waals surface area contributed by atoms with E-state index in [9.17, 15) is 8.78 Å². The number of hydrogen-bond acceptors (Lipinski definition) is 0. The molecule has 0 aliphatic rings. The fraction of sp³-hybridized carbons (Fsp3) is 0. The molecule has 7 heteroatoms. The molecule has 10 radical (unpaired) electrons. The molecule has 0 N–H and O–H groups in total. The van der Waals surface area contributed by atoms with Crippen LogP contribution in [-0.4, -0.2) is 39.2 Å². The van der Waals surface area contributed by atoms with Gasteiger partial charge in [0.25, 0.3) is 0 Å². The highest BCUT2D eigenvalue weighted by Crippen LogP contribution is 2.19. The van der Waals surface area contributed by atoms with E-state index in [2.05, 4.69) is 0 Å². The summed E-state index contributed by atoms with van der Waals surface area (Å²) in [5, 5.41) is 0. The van der Waals surface area contributed by atoms with E-state index in [1.807, 2.05) is 0 Å². The Morgan fingerprint density at radius 1 is 0.684 bits per heavy atom. The molecular formula is C12H3B5F2. The first-order chi connectivity index (χ1) is 8.84. The molecule has 0 nitrogen and oxygen atoms in total. The average Bonchev–Trinajstić information content (AvgIpc) is 2.38. The molecule has 0 heterocycles. The minimum atomic E-state index is -0.691. The Morgan fingerprint density at radius 3 is 1.68 bits per heavy atom. The molecule has 0 bridgehead atoms. The van der Waals surface area contributed by atoms with Crippen molar-refractivity contribution in [1.82, 2.24) is 0 Å². The molecule has 0 atom stereocenters. The van der Waals surface area contributed by atoms with Crippen LogP contribution in [0.3, 0.4) is 0 Å². The number of benzene rings is 2. The Bertz CT molecular complexity index is 641. The van der Waals surface area contributed by atoms with Crippen LogP contribution in [0.1, 0.15) is 0 Å². The van der Waals surface area contributed by atoms with Crippen LogP contribution in [0.25, 0.3) is 11.1 Å². The van der Waals surface area contributed by atoms with E-state index in [4.69, 9.17) is 39.2 Å². The Balaban J connectivity index is 2.87. The van der Waals surface area contributed by atoms with Gasteiger partial charge in [-0.2, -0.15) is 0 Å². The summed E-state index contributed by atoms with van der Waals surface area (Å²) in [6, 6.07) is 2.91. The summed E-state index contributed by atoms with van der Waals surface area (Å²) >= 11 is 0. The maximum Gasteiger partial charge on any atom is 0.131 e. The van der Waals surface area contributed by atoms with Crippen molar-refractivity contribution >= 4 is 66.5 Å². The summed E-state index contributed by atoms with van der Waals surface area (Å²) in [6.45, 7) is 0. The highest BCUT2D eigenvalue weighted by atomic mass is 19.1. The van der Waals surface area contributed by atoms with Crippen LogP contribution in [-0.2, 0) is 0 Å². The number of hydrogen-bond donors (Lipinski definition) is 0. The van der Waals surface area contributed by atoms with Gasteiger partial charge < -0.3 is 0 Å². The predicted molar refractivity (Wildman–Crippen MR) is 78.7 cm³/mol. The van der Waals surface area contributed by atoms with E-state index in [1.165, 1.54) is 0 Å². The minimum absolute atomic E-state index is 0.00892. The molecule has 0 aliphatic carbocycles. The lowest BCUT2D eigenvalue weighted by molar-refractivity contribution is 0.603. The lowest BCUT2D eigenvalue weighted by atomic mass is 9.59. The van der Waals surface area contributed by atoms with E-state index < -0.39 is 11.6 Å². The van der Waals surface area contributed by atoms with Gasteiger partial charge in [0.05, 0.1) is 0 Å². The van der Waals surface area contributed by atoms with Crippen LogP contribution >= 0.6 is 0 Å². The fourth-order valence-electron chi connectivity index (χ4n) is 1.83. The van der Waals surface area contributed by atoms with E-state index >= 15 is 0 Å². The van der Waals surface area contributed by atoms with Gasteiger partial charge in [0.1, 0.15) is 50.9 Å². The topological polar surface area (TPSA) is 0 Å². The molecule has 2 aromatic rings. The molecule has 80 valence electrons. The first-order valence-electron chi connectivity index (χ1n) is 5.31. The molecule has 0 amide bonds. The van der Waals surface area contributed by atoms with Gasteiger partial charge in [-0.1, -0.05) is 10.9 Å². The second-order valence-electron chi connectivity index (χ2n) is 4.07. The van der Waals surface area contributed by atoms with Gasteiger partial charge in [0.15, 0.2) is 0 Å². The van der Waals surface area contributed by atoms with Crippen molar-refractivity contribution < 1.29 is 8.78 Å². The number of halogens is 2. The van der Waals surface area contributed by atoms with Crippen molar-refractivity contribution in [2.24, 2.45) is 0 Å². The Hall–Kier alpha value is -1.38. The van der Waals surface area contributed by atoms with Crippen LogP contribution < -0.4 is 27.3 Å². The normalized spacial score (nSPS) is 10.6. The minimum Gasteiger partial charge on any atom is -0.207 e. The van der Waals surface area contributed by atoms with Crippen LogP contribution in [0.15, 0.2) is 18.2 Å². The Morgan fingerprint density at radius 2 is 1.16 bits per heavy atom. The molecular weight excluding hydrogens is 236 g/mol. The third kappa shape index (κ3) is 2.26. The van der Waals surface area contributed by atoms with Gasteiger partial charge in [-0.05, 0) is 23.8 Å². The SMILES string of the molecule is [B]c1c([B])c([B])c(-c2cc(F)ccc2F)c([B])c1[B]. The highest BCUT2D eigenvalue weighted by Gasteiger charge is 2.15. The van der Waals surface area contributed by atoms with E-state index in [0.29, 0.717) is 0 Å². The zero-order chi connectivity index (χ0) is 14.3. The van der Waals surface area contributed by atoms with Gasteiger partial charge in [-0.25, -0.2) is 8.78 Å².